The van der Waals surface area contributed by atoms with E-state index < -0.39 is 11.7 Å². The van der Waals surface area contributed by atoms with Gasteiger partial charge in [-0.25, -0.2) is 0 Å². The number of unbranched alkanes of at least 4 members (excludes halogenated alkanes) is 1. The Labute approximate surface area is 235 Å². The van der Waals surface area contributed by atoms with E-state index in [1.165, 1.54) is 6.92 Å². The molecular formula is C27H29Cl3F3NO4. The van der Waals surface area contributed by atoms with Gasteiger partial charge < -0.3 is 24.7 Å². The van der Waals surface area contributed by atoms with Crippen LogP contribution in [0.25, 0.3) is 5.70 Å². The molecule has 3 rings (SSSR count). The molecule has 2 N–H and O–H groups in total. The van der Waals surface area contributed by atoms with E-state index in [0.717, 1.165) is 28.8 Å². The van der Waals surface area contributed by atoms with Crippen LogP contribution in [-0.4, -0.2) is 33.0 Å². The second-order valence-corrected chi connectivity index (χ2v) is 10.2. The van der Waals surface area contributed by atoms with Crippen molar-refractivity contribution >= 4 is 40.5 Å². The van der Waals surface area contributed by atoms with Crippen LogP contribution >= 0.6 is 34.8 Å². The van der Waals surface area contributed by atoms with Crippen molar-refractivity contribution in [1.29, 1.82) is 0 Å². The maximum Gasteiger partial charge on any atom is 0.416 e. The summed E-state index contributed by atoms with van der Waals surface area (Å²) in [6.07, 6.45) is -0.954. The minimum absolute atomic E-state index is 0.0590. The molecule has 11 heteroatoms. The predicted octanol–water partition coefficient (Wildman–Crippen LogP) is 8.00. The summed E-state index contributed by atoms with van der Waals surface area (Å²) in [4.78, 5) is 0. The standard InChI is InChI=1S/C27H29Cl3F3NO4/c1-15-10-17(27(31,32)33)12-21(28)26(15)38-8-5-4-7-37-22-14-19(22)24(34)20-13-18(36-9-6-23(29)30)11-16(2)25(20)35-3/h6,10-13,22H,4-5,7-9,14,34H2,1-3H3/b24-19+. The zero-order valence-electron chi connectivity index (χ0n) is 21.2. The third-order valence-electron chi connectivity index (χ3n) is 5.87. The Morgan fingerprint density at radius 2 is 1.71 bits per heavy atom. The van der Waals surface area contributed by atoms with Crippen LogP contribution in [0.1, 0.15) is 41.5 Å². The van der Waals surface area contributed by atoms with Gasteiger partial charge in [0.2, 0.25) is 0 Å². The molecule has 1 saturated carbocycles. The van der Waals surface area contributed by atoms with Gasteiger partial charge in [-0.1, -0.05) is 34.8 Å². The number of benzene rings is 2. The van der Waals surface area contributed by atoms with Crippen molar-refractivity contribution < 1.29 is 32.1 Å². The average Bonchev–Trinajstić information content (AvgIpc) is 3.60. The molecule has 1 fully saturated rings. The fourth-order valence-corrected chi connectivity index (χ4v) is 4.38. The molecule has 1 atom stereocenters. The number of alkyl halides is 3. The second-order valence-electron chi connectivity index (χ2n) is 8.79. The molecule has 1 aliphatic rings. The molecule has 0 spiro atoms. The van der Waals surface area contributed by atoms with Crippen LogP contribution in [0.4, 0.5) is 13.2 Å². The third kappa shape index (κ3) is 8.12. The van der Waals surface area contributed by atoms with Gasteiger partial charge in [0.25, 0.3) is 0 Å². The summed E-state index contributed by atoms with van der Waals surface area (Å²) in [5, 5.41) is -0.0590. The van der Waals surface area contributed by atoms with Crippen LogP contribution in [0.5, 0.6) is 17.2 Å². The number of rotatable bonds is 12. The van der Waals surface area contributed by atoms with Crippen molar-refractivity contribution in [3.05, 3.63) is 67.7 Å². The maximum absolute atomic E-state index is 12.9. The van der Waals surface area contributed by atoms with E-state index in [1.54, 1.807) is 13.2 Å². The zero-order chi connectivity index (χ0) is 28.0. The van der Waals surface area contributed by atoms with Crippen molar-refractivity contribution in [1.82, 2.24) is 0 Å². The molecule has 0 amide bonds. The van der Waals surface area contributed by atoms with Gasteiger partial charge in [0, 0.05) is 24.3 Å². The number of hydrogen-bond donors (Lipinski definition) is 1. The highest BCUT2D eigenvalue weighted by Crippen LogP contribution is 2.42. The van der Waals surface area contributed by atoms with Crippen LogP contribution in [0.15, 0.2) is 40.4 Å². The van der Waals surface area contributed by atoms with Crippen molar-refractivity contribution in [2.75, 3.05) is 26.9 Å². The molecule has 2 aromatic carbocycles. The molecule has 1 unspecified atom stereocenters. The molecule has 0 bridgehead atoms. The van der Waals surface area contributed by atoms with Gasteiger partial charge in [0.05, 0.1) is 30.4 Å². The molecule has 0 heterocycles. The van der Waals surface area contributed by atoms with Gasteiger partial charge in [-0.3, -0.25) is 0 Å². The molecule has 38 heavy (non-hydrogen) atoms. The zero-order valence-corrected chi connectivity index (χ0v) is 23.5. The molecule has 0 radical (unpaired) electrons. The molecule has 1 aliphatic carbocycles. The summed E-state index contributed by atoms with van der Waals surface area (Å²) in [6, 6.07) is 5.56. The monoisotopic (exact) mass is 593 g/mol. The van der Waals surface area contributed by atoms with Gasteiger partial charge >= 0.3 is 6.18 Å². The Hall–Kier alpha value is -2.26. The van der Waals surface area contributed by atoms with Crippen LogP contribution in [0.2, 0.25) is 5.02 Å². The highest BCUT2D eigenvalue weighted by molar-refractivity contribution is 6.55. The lowest BCUT2D eigenvalue weighted by molar-refractivity contribution is -0.137. The second kappa shape index (κ2) is 13.2. The van der Waals surface area contributed by atoms with Crippen LogP contribution in [-0.2, 0) is 10.9 Å². The maximum atomic E-state index is 12.9. The molecule has 5 nitrogen and oxygen atoms in total. The highest BCUT2D eigenvalue weighted by Gasteiger charge is 2.35. The first kappa shape index (κ1) is 30.3. The predicted molar refractivity (Wildman–Crippen MR) is 144 cm³/mol. The van der Waals surface area contributed by atoms with Crippen LogP contribution in [0, 0.1) is 13.8 Å². The Morgan fingerprint density at radius 1 is 1.03 bits per heavy atom. The molecule has 0 aliphatic heterocycles. The number of hydrogen-bond acceptors (Lipinski definition) is 5. The van der Waals surface area contributed by atoms with E-state index in [9.17, 15) is 13.2 Å². The van der Waals surface area contributed by atoms with Gasteiger partial charge in [-0.2, -0.15) is 13.2 Å². The first-order valence-corrected chi connectivity index (χ1v) is 13.0. The van der Waals surface area contributed by atoms with E-state index in [0.29, 0.717) is 55.2 Å². The third-order valence-corrected chi connectivity index (χ3v) is 6.46. The lowest BCUT2D eigenvalue weighted by atomic mass is 10.1. The van der Waals surface area contributed by atoms with E-state index in [4.69, 9.17) is 59.5 Å². The first-order valence-electron chi connectivity index (χ1n) is 11.9. The quantitative estimate of drug-likeness (QED) is 0.252. The molecular weight excluding hydrogens is 566 g/mol. The summed E-state index contributed by atoms with van der Waals surface area (Å²) in [6.45, 7) is 4.44. The summed E-state index contributed by atoms with van der Waals surface area (Å²) in [5.74, 6) is 1.53. The van der Waals surface area contributed by atoms with Crippen molar-refractivity contribution in [3.63, 3.8) is 0 Å². The lowest BCUT2D eigenvalue weighted by Crippen LogP contribution is -2.07. The van der Waals surface area contributed by atoms with Crippen molar-refractivity contribution in [2.45, 2.75) is 45.4 Å². The number of nitrogens with two attached hydrogens (primary N) is 1. The first-order chi connectivity index (χ1) is 17.9. The molecule has 2 aromatic rings. The minimum atomic E-state index is -4.46. The lowest BCUT2D eigenvalue weighted by Gasteiger charge is -2.15. The van der Waals surface area contributed by atoms with Gasteiger partial charge in [-0.15, -0.1) is 0 Å². The number of methoxy groups -OCH3 is 1. The highest BCUT2D eigenvalue weighted by atomic mass is 35.5. The smallest absolute Gasteiger partial charge is 0.416 e. The molecule has 0 saturated heterocycles. The average molecular weight is 595 g/mol. The molecule has 0 aromatic heterocycles. The fraction of sp³-hybridized carbons (Fsp3) is 0.407. The largest absolute Gasteiger partial charge is 0.496 e. The van der Waals surface area contributed by atoms with Crippen molar-refractivity contribution in [3.8, 4) is 17.2 Å². The van der Waals surface area contributed by atoms with Crippen LogP contribution < -0.4 is 19.9 Å². The minimum Gasteiger partial charge on any atom is -0.496 e. The van der Waals surface area contributed by atoms with Gasteiger partial charge in [-0.05, 0) is 73.7 Å². The van der Waals surface area contributed by atoms with Gasteiger partial charge in [0.15, 0.2) is 0 Å². The normalized spacial score (nSPS) is 16.2. The summed E-state index contributed by atoms with van der Waals surface area (Å²) in [5.41, 5.74) is 9.16. The number of ether oxygens (including phenoxy) is 4. The van der Waals surface area contributed by atoms with E-state index >= 15 is 0 Å². The topological polar surface area (TPSA) is 62.9 Å². The Kier molecular flexibility index (Phi) is 10.5. The van der Waals surface area contributed by atoms with E-state index in [1.807, 2.05) is 19.1 Å². The molecule has 208 valence electrons. The Morgan fingerprint density at radius 3 is 2.34 bits per heavy atom. The fourth-order valence-electron chi connectivity index (χ4n) is 3.93. The van der Waals surface area contributed by atoms with Crippen molar-refractivity contribution in [2.24, 2.45) is 5.73 Å². The summed E-state index contributed by atoms with van der Waals surface area (Å²) < 4.78 is 61.7. The van der Waals surface area contributed by atoms with E-state index in [2.05, 4.69) is 0 Å². The van der Waals surface area contributed by atoms with Gasteiger partial charge in [0.1, 0.15) is 28.3 Å². The van der Waals surface area contributed by atoms with E-state index in [-0.39, 0.29) is 28.0 Å². The Bertz CT molecular complexity index is 1190. The Balaban J connectivity index is 1.51. The number of halogens is 6. The SMILES string of the molecule is COc1c(C)cc(OCC=C(Cl)Cl)cc1/C(N)=C1/CC1OCCCCOc1c(C)cc(C(F)(F)F)cc1Cl. The van der Waals surface area contributed by atoms with Crippen LogP contribution in [0.3, 0.4) is 0 Å². The summed E-state index contributed by atoms with van der Waals surface area (Å²) >= 11 is 17.3. The summed E-state index contributed by atoms with van der Waals surface area (Å²) in [7, 11) is 1.59. The number of aryl methyl sites for hydroxylation is 2.